The second-order valence-corrected chi connectivity index (χ2v) is 10.9. The van der Waals surface area contributed by atoms with E-state index in [4.69, 9.17) is 23.0 Å². The Morgan fingerprint density at radius 2 is 1.26 bits per heavy atom. The van der Waals surface area contributed by atoms with Crippen molar-refractivity contribution < 1.29 is 37.2 Å². The maximum atomic E-state index is 13.8. The molecular formula is C33H32NO8P. The topological polar surface area (TPSA) is 109 Å². The molecule has 0 unspecified atom stereocenters. The fourth-order valence-corrected chi connectivity index (χ4v) is 5.06. The highest BCUT2D eigenvalue weighted by molar-refractivity contribution is 7.48. The van der Waals surface area contributed by atoms with Gasteiger partial charge in [-0.25, -0.2) is 14.2 Å². The molecule has 0 aliphatic carbocycles. The largest absolute Gasteiger partial charge is 0.530 e. The van der Waals surface area contributed by atoms with Crippen molar-refractivity contribution in [1.82, 2.24) is 5.32 Å². The predicted octanol–water partition coefficient (Wildman–Crippen LogP) is 7.36. The molecule has 0 radical (unpaired) electrons. The van der Waals surface area contributed by atoms with Crippen molar-refractivity contribution in [1.29, 1.82) is 0 Å². The van der Waals surface area contributed by atoms with Crippen molar-refractivity contribution in [2.45, 2.75) is 26.7 Å². The maximum Gasteiger partial charge on any atom is 0.530 e. The van der Waals surface area contributed by atoms with Crippen molar-refractivity contribution in [3.8, 4) is 5.75 Å². The quantitative estimate of drug-likeness (QED) is 0.0962. The van der Waals surface area contributed by atoms with Crippen LogP contribution >= 0.6 is 7.82 Å². The van der Waals surface area contributed by atoms with Crippen LogP contribution in [0.15, 0.2) is 115 Å². The second-order valence-electron chi connectivity index (χ2n) is 9.32. The number of hydrogen-bond acceptors (Lipinski definition) is 8. The molecule has 0 saturated heterocycles. The first-order chi connectivity index (χ1) is 20.8. The molecule has 1 amide bonds. The van der Waals surface area contributed by atoms with Crippen LogP contribution in [0, 0.1) is 6.92 Å². The number of nitrogens with one attached hydrogen (secondary N) is 1. The number of hydrogen-bond donors (Lipinski definition) is 1. The van der Waals surface area contributed by atoms with E-state index >= 15 is 0 Å². The Labute approximate surface area is 250 Å². The van der Waals surface area contributed by atoms with Crippen LogP contribution in [0.4, 0.5) is 4.79 Å². The van der Waals surface area contributed by atoms with Gasteiger partial charge in [0, 0.05) is 0 Å². The van der Waals surface area contributed by atoms with Crippen LogP contribution in [0.5, 0.6) is 5.75 Å². The van der Waals surface area contributed by atoms with Crippen molar-refractivity contribution in [3.63, 3.8) is 0 Å². The Kier molecular flexibility index (Phi) is 11.3. The third-order valence-electron chi connectivity index (χ3n) is 6.04. The number of carbonyl (C=O) groups excluding carboxylic acids is 2. The van der Waals surface area contributed by atoms with Crippen molar-refractivity contribution in [2.75, 3.05) is 7.11 Å². The number of rotatable bonds is 13. The molecule has 1 N–H and O–H groups in total. The summed E-state index contributed by atoms with van der Waals surface area (Å²) in [7, 11) is -2.87. The SMILES string of the molecule is COC(=O)C(=Cc1ccc(OP(=O)(OCc2ccccc2)OCc2ccccc2)c(C)c1)NC(=O)OCc1ccccc1. The van der Waals surface area contributed by atoms with Gasteiger partial charge in [0.05, 0.1) is 20.3 Å². The van der Waals surface area contributed by atoms with Gasteiger partial charge in [0.25, 0.3) is 0 Å². The number of aryl methyl sites for hydroxylation is 1. The van der Waals surface area contributed by atoms with Gasteiger partial charge in [0.2, 0.25) is 0 Å². The lowest BCUT2D eigenvalue weighted by molar-refractivity contribution is -0.136. The standard InChI is InChI=1S/C33H32NO8P/c1-25-20-29(21-30(32(35)38-2)34-33(36)39-22-26-12-6-3-7-13-26)18-19-31(25)42-43(37,40-23-27-14-8-4-9-15-27)41-24-28-16-10-5-11-17-28/h3-21H,22-24H2,1-2H3,(H,34,36). The van der Waals surface area contributed by atoms with E-state index < -0.39 is 19.9 Å². The molecule has 0 heterocycles. The maximum absolute atomic E-state index is 13.8. The molecule has 4 aromatic rings. The highest BCUT2D eigenvalue weighted by Gasteiger charge is 2.30. The molecule has 0 bridgehead atoms. The number of phosphoric acid groups is 1. The van der Waals surface area contributed by atoms with Gasteiger partial charge in [0.1, 0.15) is 18.1 Å². The van der Waals surface area contributed by atoms with E-state index in [0.29, 0.717) is 11.1 Å². The van der Waals surface area contributed by atoms with E-state index in [1.165, 1.54) is 13.2 Å². The van der Waals surface area contributed by atoms with E-state index in [1.807, 2.05) is 91.0 Å². The molecule has 0 saturated carbocycles. The summed E-state index contributed by atoms with van der Waals surface area (Å²) >= 11 is 0. The van der Waals surface area contributed by atoms with E-state index in [1.54, 1.807) is 25.1 Å². The minimum absolute atomic E-state index is 0.0152. The Morgan fingerprint density at radius 3 is 1.74 bits per heavy atom. The highest BCUT2D eigenvalue weighted by atomic mass is 31.2. The molecule has 222 valence electrons. The number of carbonyl (C=O) groups is 2. The Hall–Kier alpha value is -4.69. The molecule has 0 aliphatic rings. The molecule has 10 heteroatoms. The van der Waals surface area contributed by atoms with Crippen molar-refractivity contribution >= 4 is 26.0 Å². The minimum Gasteiger partial charge on any atom is -0.464 e. The summed E-state index contributed by atoms with van der Waals surface area (Å²) in [5, 5.41) is 2.43. The lowest BCUT2D eigenvalue weighted by atomic mass is 10.1. The predicted molar refractivity (Wildman–Crippen MR) is 162 cm³/mol. The number of alkyl carbamates (subject to hydrolysis) is 1. The molecular weight excluding hydrogens is 569 g/mol. The van der Waals surface area contributed by atoms with Gasteiger partial charge in [-0.3, -0.25) is 14.4 Å². The van der Waals surface area contributed by atoms with Gasteiger partial charge in [-0.2, -0.15) is 0 Å². The van der Waals surface area contributed by atoms with Crippen molar-refractivity contribution in [3.05, 3.63) is 143 Å². The first-order valence-electron chi connectivity index (χ1n) is 13.4. The number of esters is 1. The summed E-state index contributed by atoms with van der Waals surface area (Å²) in [6.45, 7) is 1.80. The van der Waals surface area contributed by atoms with Gasteiger partial charge < -0.3 is 14.0 Å². The summed E-state index contributed by atoms with van der Waals surface area (Å²) in [5.41, 5.74) is 3.39. The number of amides is 1. The number of benzene rings is 4. The van der Waals surface area contributed by atoms with Gasteiger partial charge in [-0.1, -0.05) is 97.1 Å². The molecule has 43 heavy (non-hydrogen) atoms. The lowest BCUT2D eigenvalue weighted by Crippen LogP contribution is -2.28. The molecule has 0 aliphatic heterocycles. The number of ether oxygens (including phenoxy) is 2. The fraction of sp³-hybridized carbons (Fsp3) is 0.152. The van der Waals surface area contributed by atoms with Gasteiger partial charge in [-0.15, -0.1) is 0 Å². The summed E-state index contributed by atoms with van der Waals surface area (Å²) in [4.78, 5) is 24.8. The van der Waals surface area contributed by atoms with Crippen LogP contribution in [0.3, 0.4) is 0 Å². The molecule has 0 fully saturated rings. The van der Waals surface area contributed by atoms with Gasteiger partial charge >= 0.3 is 19.9 Å². The van der Waals surface area contributed by atoms with Crippen molar-refractivity contribution in [2.24, 2.45) is 0 Å². The highest BCUT2D eigenvalue weighted by Crippen LogP contribution is 2.51. The molecule has 0 atom stereocenters. The first-order valence-corrected chi connectivity index (χ1v) is 14.8. The fourth-order valence-electron chi connectivity index (χ4n) is 3.82. The molecule has 9 nitrogen and oxygen atoms in total. The van der Waals surface area contributed by atoms with Crippen LogP contribution in [0.1, 0.15) is 27.8 Å². The van der Waals surface area contributed by atoms with E-state index in [0.717, 1.165) is 16.7 Å². The first kappa shape index (κ1) is 31.3. The summed E-state index contributed by atoms with van der Waals surface area (Å²) in [5.74, 6) is -0.501. The molecule has 4 rings (SSSR count). The summed E-state index contributed by atoms with van der Waals surface area (Å²) in [6.07, 6.45) is 0.619. The average molecular weight is 602 g/mol. The average Bonchev–Trinajstić information content (AvgIpc) is 3.04. The summed E-state index contributed by atoms with van der Waals surface area (Å²) in [6, 6.07) is 32.6. The Morgan fingerprint density at radius 1 is 0.744 bits per heavy atom. The molecule has 0 aromatic heterocycles. The van der Waals surface area contributed by atoms with Crippen LogP contribution in [0.25, 0.3) is 6.08 Å². The van der Waals surface area contributed by atoms with Crippen LogP contribution in [0.2, 0.25) is 0 Å². The minimum atomic E-state index is -4.08. The Bertz CT molecular complexity index is 1530. The molecule has 4 aromatic carbocycles. The smallest absolute Gasteiger partial charge is 0.464 e. The van der Waals surface area contributed by atoms with Crippen LogP contribution < -0.4 is 9.84 Å². The zero-order valence-corrected chi connectivity index (χ0v) is 24.7. The number of phosphoric ester groups is 1. The van der Waals surface area contributed by atoms with E-state index in [-0.39, 0.29) is 31.3 Å². The van der Waals surface area contributed by atoms with Crippen LogP contribution in [-0.2, 0) is 47.7 Å². The number of methoxy groups -OCH3 is 1. The molecule has 0 spiro atoms. The second kappa shape index (κ2) is 15.5. The third kappa shape index (κ3) is 9.97. The third-order valence-corrected chi connectivity index (χ3v) is 7.35. The van der Waals surface area contributed by atoms with Gasteiger partial charge in [0.15, 0.2) is 0 Å². The lowest BCUT2D eigenvalue weighted by Gasteiger charge is -2.20. The summed E-state index contributed by atoms with van der Waals surface area (Å²) < 4.78 is 41.1. The van der Waals surface area contributed by atoms with Gasteiger partial charge in [-0.05, 0) is 52.9 Å². The monoisotopic (exact) mass is 601 g/mol. The Balaban J connectivity index is 1.48. The normalized spacial score (nSPS) is 11.4. The zero-order chi connectivity index (χ0) is 30.5. The zero-order valence-electron chi connectivity index (χ0n) is 23.8. The van der Waals surface area contributed by atoms with Crippen LogP contribution in [-0.4, -0.2) is 19.2 Å². The van der Waals surface area contributed by atoms with E-state index in [2.05, 4.69) is 5.32 Å². The van der Waals surface area contributed by atoms with E-state index in [9.17, 15) is 14.2 Å².